The van der Waals surface area contributed by atoms with Crippen LogP contribution in [-0.4, -0.2) is 36.2 Å². The number of aryl methyl sites for hydroxylation is 1. The Morgan fingerprint density at radius 2 is 1.89 bits per heavy atom. The van der Waals surface area contributed by atoms with Gasteiger partial charge < -0.3 is 10.2 Å². The second-order valence-electron chi connectivity index (χ2n) is 8.04. The smallest absolute Gasteiger partial charge is 0.263 e. The normalized spacial score (nSPS) is 21.0. The number of Topliss-reactive ketones (excluding diaryl/α,β-unsaturated/α-hetero) is 1. The summed E-state index contributed by atoms with van der Waals surface area (Å²) in [6.45, 7) is 3.24. The number of nitrogens with one attached hydrogen (secondary N) is 1. The van der Waals surface area contributed by atoms with Gasteiger partial charge >= 0.3 is 0 Å². The first kappa shape index (κ1) is 17.1. The zero-order chi connectivity index (χ0) is 18.4. The van der Waals surface area contributed by atoms with Crippen LogP contribution in [0.5, 0.6) is 0 Å². The van der Waals surface area contributed by atoms with Crippen molar-refractivity contribution < 1.29 is 9.59 Å². The van der Waals surface area contributed by atoms with Gasteiger partial charge in [0.05, 0.1) is 4.88 Å². The molecule has 0 atom stereocenters. The number of likely N-dealkylation sites (tertiary alicyclic amines) is 1. The number of hydrogen-bond donors (Lipinski definition) is 1. The van der Waals surface area contributed by atoms with E-state index in [0.29, 0.717) is 18.9 Å². The third-order valence-electron chi connectivity index (χ3n) is 6.58. The predicted octanol–water partition coefficient (Wildman–Crippen LogP) is 3.45. The van der Waals surface area contributed by atoms with E-state index in [2.05, 4.69) is 17.4 Å². The van der Waals surface area contributed by atoms with Crippen molar-refractivity contribution >= 4 is 23.0 Å². The minimum Gasteiger partial charge on any atom is -0.338 e. The second-order valence-corrected chi connectivity index (χ2v) is 9.18. The Bertz CT molecular complexity index is 885. The van der Waals surface area contributed by atoms with Gasteiger partial charge in [0.15, 0.2) is 5.78 Å². The van der Waals surface area contributed by atoms with E-state index in [9.17, 15) is 9.59 Å². The third-order valence-corrected chi connectivity index (χ3v) is 7.80. The number of benzene rings is 1. The van der Waals surface area contributed by atoms with Crippen molar-refractivity contribution in [3.05, 3.63) is 56.8 Å². The lowest BCUT2D eigenvalue weighted by molar-refractivity contribution is 0.0459. The topological polar surface area (TPSA) is 49.4 Å². The molecular weight excluding hydrogens is 356 g/mol. The van der Waals surface area contributed by atoms with Crippen LogP contribution in [-0.2, 0) is 19.4 Å². The highest BCUT2D eigenvalue weighted by Crippen LogP contribution is 2.43. The van der Waals surface area contributed by atoms with Crippen molar-refractivity contribution in [1.29, 1.82) is 0 Å². The molecule has 1 aromatic heterocycles. The van der Waals surface area contributed by atoms with Crippen LogP contribution >= 0.6 is 11.3 Å². The lowest BCUT2D eigenvalue weighted by Crippen LogP contribution is -2.48. The molecule has 1 N–H and O–H groups in total. The maximum atomic E-state index is 13.2. The molecule has 1 spiro atoms. The van der Waals surface area contributed by atoms with Gasteiger partial charge in [-0.15, -0.1) is 11.3 Å². The van der Waals surface area contributed by atoms with Gasteiger partial charge in [-0.1, -0.05) is 24.3 Å². The van der Waals surface area contributed by atoms with Crippen LogP contribution in [0.15, 0.2) is 30.3 Å². The Kier molecular flexibility index (Phi) is 4.17. The van der Waals surface area contributed by atoms with E-state index < -0.39 is 0 Å². The molecule has 4 nitrogen and oxygen atoms in total. The van der Waals surface area contributed by atoms with Gasteiger partial charge in [-0.25, -0.2) is 0 Å². The fraction of sp³-hybridized carbons (Fsp3) is 0.455. The standard InChI is InChI=1S/C22H24N2O2S/c25-20-17-4-2-1-3-15(17)5-7-22(20)8-11-24(12-9-22)21(26)19-13-16-14-23-10-6-18(16)27-19/h1-4,13,23H,5-12,14H2. The number of fused-ring (bicyclic) bond motifs is 2. The Morgan fingerprint density at radius 1 is 1.07 bits per heavy atom. The number of rotatable bonds is 1. The summed E-state index contributed by atoms with van der Waals surface area (Å²) in [6, 6.07) is 10.1. The van der Waals surface area contributed by atoms with Crippen molar-refractivity contribution in [1.82, 2.24) is 10.2 Å². The molecule has 1 fully saturated rings. The van der Waals surface area contributed by atoms with Gasteiger partial charge in [-0.3, -0.25) is 9.59 Å². The van der Waals surface area contributed by atoms with Crippen LogP contribution in [0.1, 0.15) is 55.3 Å². The summed E-state index contributed by atoms with van der Waals surface area (Å²) in [5.41, 5.74) is 3.11. The number of hydrogen-bond acceptors (Lipinski definition) is 4. The number of nitrogens with zero attached hydrogens (tertiary/aromatic N) is 1. The van der Waals surface area contributed by atoms with Crippen LogP contribution < -0.4 is 5.32 Å². The third kappa shape index (κ3) is 2.84. The van der Waals surface area contributed by atoms with Crippen LogP contribution in [0, 0.1) is 5.41 Å². The molecule has 140 valence electrons. The summed E-state index contributed by atoms with van der Waals surface area (Å²) in [5.74, 6) is 0.446. The Balaban J connectivity index is 1.31. The zero-order valence-electron chi connectivity index (χ0n) is 15.4. The molecule has 5 heteroatoms. The Hall–Kier alpha value is -1.98. The van der Waals surface area contributed by atoms with Crippen molar-refractivity contribution in [3.8, 4) is 0 Å². The molecule has 1 amide bonds. The molecule has 2 aliphatic heterocycles. The zero-order valence-corrected chi connectivity index (χ0v) is 16.2. The van der Waals surface area contributed by atoms with Crippen molar-refractivity contribution in [3.63, 3.8) is 0 Å². The maximum Gasteiger partial charge on any atom is 0.263 e. The Labute approximate surface area is 163 Å². The van der Waals surface area contributed by atoms with Crippen molar-refractivity contribution in [2.24, 2.45) is 5.41 Å². The fourth-order valence-electron chi connectivity index (χ4n) is 4.86. The van der Waals surface area contributed by atoms with Gasteiger partial charge in [0.1, 0.15) is 0 Å². The summed E-state index contributed by atoms with van der Waals surface area (Å²) in [6.07, 6.45) is 4.49. The van der Waals surface area contributed by atoms with Crippen LogP contribution in [0.25, 0.3) is 0 Å². The molecule has 1 aliphatic carbocycles. The molecule has 3 heterocycles. The van der Waals surface area contributed by atoms with Gasteiger partial charge in [-0.05, 0) is 49.3 Å². The molecule has 2 aromatic rings. The maximum absolute atomic E-state index is 13.2. The average molecular weight is 381 g/mol. The summed E-state index contributed by atoms with van der Waals surface area (Å²) in [5, 5.41) is 3.37. The van der Waals surface area contributed by atoms with Crippen LogP contribution in [0.2, 0.25) is 0 Å². The number of carbonyl (C=O) groups is 2. The van der Waals surface area contributed by atoms with E-state index in [-0.39, 0.29) is 11.3 Å². The lowest BCUT2D eigenvalue weighted by Gasteiger charge is -2.43. The number of ketones is 1. The number of thiophene rings is 1. The molecule has 27 heavy (non-hydrogen) atoms. The predicted molar refractivity (Wildman–Crippen MR) is 106 cm³/mol. The van der Waals surface area contributed by atoms with Crippen molar-refractivity contribution in [2.45, 2.75) is 38.6 Å². The molecule has 0 unspecified atom stereocenters. The minimum atomic E-state index is -0.260. The number of piperidine rings is 1. The highest BCUT2D eigenvalue weighted by Gasteiger charge is 2.45. The molecule has 1 saturated heterocycles. The molecule has 0 bridgehead atoms. The first-order chi connectivity index (χ1) is 13.2. The monoisotopic (exact) mass is 380 g/mol. The van der Waals surface area contributed by atoms with E-state index in [1.807, 2.05) is 23.1 Å². The molecule has 1 aromatic carbocycles. The van der Waals surface area contributed by atoms with E-state index >= 15 is 0 Å². The van der Waals surface area contributed by atoms with Crippen molar-refractivity contribution in [2.75, 3.05) is 19.6 Å². The largest absolute Gasteiger partial charge is 0.338 e. The summed E-state index contributed by atoms with van der Waals surface area (Å²) in [7, 11) is 0. The first-order valence-corrected chi connectivity index (χ1v) is 10.7. The van der Waals surface area contributed by atoms with E-state index in [0.717, 1.165) is 55.6 Å². The quantitative estimate of drug-likeness (QED) is 0.824. The van der Waals surface area contributed by atoms with E-state index in [1.165, 1.54) is 16.0 Å². The summed E-state index contributed by atoms with van der Waals surface area (Å²) < 4.78 is 0. The summed E-state index contributed by atoms with van der Waals surface area (Å²) >= 11 is 1.66. The second kappa shape index (κ2) is 6.57. The van der Waals surface area contributed by atoms with Gasteiger partial charge in [0, 0.05) is 42.0 Å². The molecule has 3 aliphatic rings. The van der Waals surface area contributed by atoms with Gasteiger partial charge in [-0.2, -0.15) is 0 Å². The lowest BCUT2D eigenvalue weighted by atomic mass is 9.65. The summed E-state index contributed by atoms with van der Waals surface area (Å²) in [4.78, 5) is 30.3. The minimum absolute atomic E-state index is 0.146. The highest BCUT2D eigenvalue weighted by atomic mass is 32.1. The van der Waals surface area contributed by atoms with E-state index in [4.69, 9.17) is 0 Å². The first-order valence-electron chi connectivity index (χ1n) is 9.91. The highest BCUT2D eigenvalue weighted by molar-refractivity contribution is 7.14. The molecule has 0 saturated carbocycles. The number of carbonyl (C=O) groups excluding carboxylic acids is 2. The van der Waals surface area contributed by atoms with Gasteiger partial charge in [0.25, 0.3) is 5.91 Å². The molecular formula is C22H24N2O2S. The average Bonchev–Trinajstić information content (AvgIpc) is 3.15. The van der Waals surface area contributed by atoms with Crippen LogP contribution in [0.4, 0.5) is 0 Å². The Morgan fingerprint density at radius 3 is 2.70 bits per heavy atom. The molecule has 0 radical (unpaired) electrons. The van der Waals surface area contributed by atoms with Gasteiger partial charge in [0.2, 0.25) is 0 Å². The number of amides is 1. The molecule has 5 rings (SSSR count). The van der Waals surface area contributed by atoms with E-state index in [1.54, 1.807) is 11.3 Å². The van der Waals surface area contributed by atoms with Crippen LogP contribution in [0.3, 0.4) is 0 Å². The fourth-order valence-corrected chi connectivity index (χ4v) is 6.01. The SMILES string of the molecule is O=C(c1cc2c(s1)CCNC2)N1CCC2(CCc3ccccc3C2=O)CC1.